The molecule has 6 heteroatoms. The molecule has 1 unspecified atom stereocenters. The number of likely N-dealkylation sites (tertiary alicyclic amines) is 1. The Kier molecular flexibility index (Phi) is 5.82. The molecule has 2 aliphatic rings. The summed E-state index contributed by atoms with van der Waals surface area (Å²) in [7, 11) is 0. The molecule has 1 saturated carbocycles. The SMILES string of the molecule is O=C(CN1CCC(c2ccccc2)C1)NCc1nncn1C1CCCCC1. The molecule has 2 aromatic rings. The number of rotatable bonds is 6. The first-order chi connectivity index (χ1) is 13.3. The standard InChI is InChI=1S/C21H29N5O/c27-21(15-25-12-11-18(14-25)17-7-3-1-4-8-17)22-13-20-24-23-16-26(20)19-9-5-2-6-10-19/h1,3-4,7-8,16,18-19H,2,5-6,9-15H2,(H,22,27). The molecule has 2 heterocycles. The topological polar surface area (TPSA) is 63.1 Å². The molecule has 1 saturated heterocycles. The van der Waals surface area contributed by atoms with E-state index in [-0.39, 0.29) is 5.91 Å². The van der Waals surface area contributed by atoms with Gasteiger partial charge >= 0.3 is 0 Å². The zero-order chi connectivity index (χ0) is 18.5. The average Bonchev–Trinajstić information content (AvgIpc) is 3.37. The van der Waals surface area contributed by atoms with Crippen LogP contribution in [0.5, 0.6) is 0 Å². The van der Waals surface area contributed by atoms with Crippen molar-refractivity contribution in [2.75, 3.05) is 19.6 Å². The summed E-state index contributed by atoms with van der Waals surface area (Å²) in [6.45, 7) is 2.85. The second kappa shape index (κ2) is 8.65. The van der Waals surface area contributed by atoms with Crippen molar-refractivity contribution < 1.29 is 4.79 Å². The van der Waals surface area contributed by atoms with Crippen molar-refractivity contribution in [3.8, 4) is 0 Å². The number of hydrogen-bond acceptors (Lipinski definition) is 4. The average molecular weight is 367 g/mol. The third-order valence-electron chi connectivity index (χ3n) is 5.97. The number of nitrogens with zero attached hydrogens (tertiary/aromatic N) is 4. The Bertz CT molecular complexity index is 738. The van der Waals surface area contributed by atoms with Gasteiger partial charge in [0.1, 0.15) is 6.33 Å². The number of carbonyl (C=O) groups excluding carboxylic acids is 1. The van der Waals surface area contributed by atoms with E-state index >= 15 is 0 Å². The molecule has 1 atom stereocenters. The van der Waals surface area contributed by atoms with Gasteiger partial charge in [-0.1, -0.05) is 49.6 Å². The van der Waals surface area contributed by atoms with Crippen LogP contribution in [0.3, 0.4) is 0 Å². The van der Waals surface area contributed by atoms with Crippen molar-refractivity contribution in [3.05, 3.63) is 48.0 Å². The van der Waals surface area contributed by atoms with Gasteiger partial charge in [0.25, 0.3) is 0 Å². The fourth-order valence-corrected chi connectivity index (χ4v) is 4.47. The van der Waals surface area contributed by atoms with Gasteiger partial charge in [-0.15, -0.1) is 10.2 Å². The van der Waals surface area contributed by atoms with E-state index < -0.39 is 0 Å². The van der Waals surface area contributed by atoms with E-state index in [1.54, 1.807) is 0 Å². The van der Waals surface area contributed by atoms with Crippen LogP contribution in [0.15, 0.2) is 36.7 Å². The molecule has 0 spiro atoms. The van der Waals surface area contributed by atoms with E-state index in [4.69, 9.17) is 0 Å². The Morgan fingerprint density at radius 2 is 1.93 bits per heavy atom. The second-order valence-corrected chi connectivity index (χ2v) is 7.85. The summed E-state index contributed by atoms with van der Waals surface area (Å²) in [6, 6.07) is 11.1. The van der Waals surface area contributed by atoms with Crippen LogP contribution in [0, 0.1) is 0 Å². The van der Waals surface area contributed by atoms with Crippen LogP contribution in [-0.2, 0) is 11.3 Å². The van der Waals surface area contributed by atoms with Crippen LogP contribution < -0.4 is 5.32 Å². The number of hydrogen-bond donors (Lipinski definition) is 1. The number of nitrogens with one attached hydrogen (secondary N) is 1. The number of benzene rings is 1. The molecule has 1 amide bonds. The Balaban J connectivity index is 1.25. The molecule has 27 heavy (non-hydrogen) atoms. The van der Waals surface area contributed by atoms with Gasteiger partial charge in [-0.25, -0.2) is 0 Å². The number of aromatic nitrogens is 3. The summed E-state index contributed by atoms with van der Waals surface area (Å²) < 4.78 is 2.17. The maximum Gasteiger partial charge on any atom is 0.234 e. The highest BCUT2D eigenvalue weighted by atomic mass is 16.2. The van der Waals surface area contributed by atoms with Gasteiger partial charge in [-0.3, -0.25) is 9.69 Å². The third kappa shape index (κ3) is 4.56. The van der Waals surface area contributed by atoms with Crippen LogP contribution in [0.25, 0.3) is 0 Å². The van der Waals surface area contributed by atoms with E-state index in [0.29, 0.717) is 25.0 Å². The number of carbonyl (C=O) groups is 1. The Labute approximate surface area is 161 Å². The van der Waals surface area contributed by atoms with Gasteiger partial charge in [0.2, 0.25) is 5.91 Å². The molecule has 2 fully saturated rings. The van der Waals surface area contributed by atoms with E-state index in [1.807, 2.05) is 6.33 Å². The highest BCUT2D eigenvalue weighted by Gasteiger charge is 2.25. The maximum absolute atomic E-state index is 12.4. The molecule has 1 aliphatic carbocycles. The lowest BCUT2D eigenvalue weighted by atomic mass is 9.95. The van der Waals surface area contributed by atoms with E-state index in [2.05, 4.69) is 55.3 Å². The normalized spacial score (nSPS) is 21.4. The predicted molar refractivity (Wildman–Crippen MR) is 104 cm³/mol. The first kappa shape index (κ1) is 18.2. The van der Waals surface area contributed by atoms with Crippen molar-refractivity contribution in [3.63, 3.8) is 0 Å². The van der Waals surface area contributed by atoms with Crippen molar-refractivity contribution in [1.82, 2.24) is 25.0 Å². The Morgan fingerprint density at radius 3 is 2.74 bits per heavy atom. The van der Waals surface area contributed by atoms with Crippen molar-refractivity contribution in [2.24, 2.45) is 0 Å². The zero-order valence-electron chi connectivity index (χ0n) is 15.9. The fraction of sp³-hybridized carbons (Fsp3) is 0.571. The summed E-state index contributed by atoms with van der Waals surface area (Å²) in [5.74, 6) is 1.48. The van der Waals surface area contributed by atoms with Gasteiger partial charge in [-0.05, 0) is 37.3 Å². The molecule has 4 rings (SSSR count). The minimum atomic E-state index is 0.0712. The summed E-state index contributed by atoms with van der Waals surface area (Å²) >= 11 is 0. The molecule has 0 radical (unpaired) electrons. The molecular weight excluding hydrogens is 338 g/mol. The largest absolute Gasteiger partial charge is 0.348 e. The number of amides is 1. The lowest BCUT2D eigenvalue weighted by molar-refractivity contribution is -0.122. The van der Waals surface area contributed by atoms with E-state index in [0.717, 1.165) is 25.3 Å². The van der Waals surface area contributed by atoms with Gasteiger partial charge in [0, 0.05) is 12.6 Å². The van der Waals surface area contributed by atoms with E-state index in [1.165, 1.54) is 37.7 Å². The molecule has 1 N–H and O–H groups in total. The van der Waals surface area contributed by atoms with Gasteiger partial charge in [0.05, 0.1) is 13.1 Å². The van der Waals surface area contributed by atoms with E-state index in [9.17, 15) is 4.79 Å². The van der Waals surface area contributed by atoms with Gasteiger partial charge in [-0.2, -0.15) is 0 Å². The van der Waals surface area contributed by atoms with Crippen LogP contribution in [0.2, 0.25) is 0 Å². The molecule has 6 nitrogen and oxygen atoms in total. The maximum atomic E-state index is 12.4. The monoisotopic (exact) mass is 367 g/mol. The second-order valence-electron chi connectivity index (χ2n) is 7.85. The van der Waals surface area contributed by atoms with Crippen LogP contribution in [0.1, 0.15) is 61.9 Å². The molecule has 144 valence electrons. The van der Waals surface area contributed by atoms with Crippen molar-refractivity contribution in [1.29, 1.82) is 0 Å². The van der Waals surface area contributed by atoms with Crippen LogP contribution in [0.4, 0.5) is 0 Å². The molecule has 0 bridgehead atoms. The summed E-state index contributed by atoms with van der Waals surface area (Å²) in [6.07, 6.45) is 9.18. The quantitative estimate of drug-likeness (QED) is 0.853. The zero-order valence-corrected chi connectivity index (χ0v) is 15.9. The Morgan fingerprint density at radius 1 is 1.11 bits per heavy atom. The van der Waals surface area contributed by atoms with Crippen molar-refractivity contribution >= 4 is 5.91 Å². The summed E-state index contributed by atoms with van der Waals surface area (Å²) in [4.78, 5) is 14.7. The van der Waals surface area contributed by atoms with Crippen LogP contribution >= 0.6 is 0 Å². The minimum absolute atomic E-state index is 0.0712. The predicted octanol–water partition coefficient (Wildman–Crippen LogP) is 2.89. The molecule has 1 aliphatic heterocycles. The molecule has 1 aromatic heterocycles. The van der Waals surface area contributed by atoms with Crippen molar-refractivity contribution in [2.45, 2.75) is 57.0 Å². The summed E-state index contributed by atoms with van der Waals surface area (Å²) in [5.41, 5.74) is 1.38. The first-order valence-electron chi connectivity index (χ1n) is 10.2. The third-order valence-corrected chi connectivity index (χ3v) is 5.97. The Hall–Kier alpha value is -2.21. The lowest BCUT2D eigenvalue weighted by Gasteiger charge is -2.24. The molecule has 1 aromatic carbocycles. The van der Waals surface area contributed by atoms with Crippen LogP contribution in [-0.4, -0.2) is 45.2 Å². The fourth-order valence-electron chi connectivity index (χ4n) is 4.47. The molecular formula is C21H29N5O. The van der Waals surface area contributed by atoms with Gasteiger partial charge in [0.15, 0.2) is 5.82 Å². The highest BCUT2D eigenvalue weighted by molar-refractivity contribution is 5.78. The lowest BCUT2D eigenvalue weighted by Crippen LogP contribution is -2.36. The minimum Gasteiger partial charge on any atom is -0.348 e. The summed E-state index contributed by atoms with van der Waals surface area (Å²) in [5, 5.41) is 11.3. The van der Waals surface area contributed by atoms with Gasteiger partial charge < -0.3 is 9.88 Å². The first-order valence-corrected chi connectivity index (χ1v) is 10.2. The smallest absolute Gasteiger partial charge is 0.234 e. The highest BCUT2D eigenvalue weighted by Crippen LogP contribution is 2.28.